The van der Waals surface area contributed by atoms with Gasteiger partial charge in [-0.15, -0.1) is 0 Å². The van der Waals surface area contributed by atoms with Gasteiger partial charge < -0.3 is 23.7 Å². The second-order valence-corrected chi connectivity index (χ2v) is 5.86. The van der Waals surface area contributed by atoms with Crippen LogP contribution in [-0.4, -0.2) is 39.8 Å². The average Bonchev–Trinajstić information content (AvgIpc) is 3.04. The van der Waals surface area contributed by atoms with Gasteiger partial charge >= 0.3 is 51.4 Å². The monoisotopic (exact) mass is 377 g/mol. The van der Waals surface area contributed by atoms with Gasteiger partial charge in [-0.1, -0.05) is 26.7 Å². The van der Waals surface area contributed by atoms with E-state index in [1.54, 1.807) is 0 Å². The molecule has 136 valence electrons. The van der Waals surface area contributed by atoms with Crippen molar-refractivity contribution < 1.29 is 75.1 Å². The molecule has 1 aliphatic rings. The van der Waals surface area contributed by atoms with Crippen molar-refractivity contribution in [1.29, 1.82) is 0 Å². The largest absolute Gasteiger partial charge is 1.00 e. The van der Waals surface area contributed by atoms with Crippen molar-refractivity contribution >= 4 is 0 Å². The summed E-state index contributed by atoms with van der Waals surface area (Å²) in [6, 6.07) is 4.12. The van der Waals surface area contributed by atoms with Crippen molar-refractivity contribution in [2.45, 2.75) is 46.1 Å². The number of unbranched alkanes of at least 4 members (excludes halogenated alkanes) is 1. The molecular weight excluding hydrogens is 347 g/mol. The summed E-state index contributed by atoms with van der Waals surface area (Å²) in [4.78, 5) is 0. The smallest absolute Gasteiger partial charge is 0.454 e. The molecule has 0 spiro atoms. The second-order valence-electron chi connectivity index (χ2n) is 5.86. The summed E-state index contributed by atoms with van der Waals surface area (Å²) in [6.07, 6.45) is 4.38. The quantitative estimate of drug-likeness (QED) is 0.374. The summed E-state index contributed by atoms with van der Waals surface area (Å²) in [5, 5.41) is 0. The maximum absolute atomic E-state index is 5.75. The van der Waals surface area contributed by atoms with Crippen molar-refractivity contribution in [1.82, 2.24) is 0 Å². The van der Waals surface area contributed by atoms with Crippen LogP contribution in [0.2, 0.25) is 0 Å². The zero-order chi connectivity index (χ0) is 17.0. The zero-order valence-corrected chi connectivity index (χ0v) is 19.1. The molecular formula is C19H30KO5+. The first kappa shape index (κ1) is 23.4. The maximum atomic E-state index is 5.75. The molecule has 5 nitrogen and oxygen atoms in total. The summed E-state index contributed by atoms with van der Waals surface area (Å²) in [5.74, 6) is 1.66. The fourth-order valence-electron chi connectivity index (χ4n) is 2.53. The van der Waals surface area contributed by atoms with Gasteiger partial charge in [0.15, 0.2) is 11.5 Å². The van der Waals surface area contributed by atoms with E-state index < -0.39 is 0 Å². The third-order valence-corrected chi connectivity index (χ3v) is 3.86. The molecule has 0 saturated heterocycles. The van der Waals surface area contributed by atoms with Gasteiger partial charge in [-0.05, 0) is 36.1 Å². The van der Waals surface area contributed by atoms with Crippen LogP contribution in [0.15, 0.2) is 12.1 Å². The third-order valence-electron chi connectivity index (χ3n) is 3.86. The van der Waals surface area contributed by atoms with E-state index in [1.807, 2.05) is 6.07 Å². The molecule has 0 radical (unpaired) electrons. The minimum Gasteiger partial charge on any atom is -0.454 e. The minimum absolute atomic E-state index is 0. The molecule has 0 bridgehead atoms. The van der Waals surface area contributed by atoms with E-state index in [0.29, 0.717) is 39.8 Å². The average molecular weight is 378 g/mol. The van der Waals surface area contributed by atoms with Crippen LogP contribution in [0.4, 0.5) is 0 Å². The number of hydrogen-bond acceptors (Lipinski definition) is 5. The first-order chi connectivity index (χ1) is 11.8. The van der Waals surface area contributed by atoms with Crippen molar-refractivity contribution in [2.75, 3.05) is 39.8 Å². The van der Waals surface area contributed by atoms with Crippen LogP contribution in [0.1, 0.15) is 44.2 Å². The molecule has 0 N–H and O–H groups in total. The SMILES string of the molecule is CCCCOCCOCCOCc1cc2c(cc1CCC)OCO2.[K+]. The molecule has 0 amide bonds. The van der Waals surface area contributed by atoms with Gasteiger partial charge in [0.05, 0.1) is 33.0 Å². The third kappa shape index (κ3) is 8.71. The van der Waals surface area contributed by atoms with Gasteiger partial charge in [-0.2, -0.15) is 0 Å². The van der Waals surface area contributed by atoms with E-state index in [1.165, 1.54) is 11.1 Å². The summed E-state index contributed by atoms with van der Waals surface area (Å²) in [7, 11) is 0. The first-order valence-electron chi connectivity index (χ1n) is 8.99. The Hall–Kier alpha value is 0.336. The molecule has 1 aromatic carbocycles. The molecule has 2 rings (SSSR count). The van der Waals surface area contributed by atoms with E-state index >= 15 is 0 Å². The Morgan fingerprint density at radius 3 is 2.04 bits per heavy atom. The predicted molar refractivity (Wildman–Crippen MR) is 92.8 cm³/mol. The van der Waals surface area contributed by atoms with Gasteiger partial charge in [0, 0.05) is 6.61 Å². The van der Waals surface area contributed by atoms with Crippen LogP contribution in [0.5, 0.6) is 11.5 Å². The number of aryl methyl sites for hydroxylation is 1. The second kappa shape index (κ2) is 14.4. The molecule has 0 aromatic heterocycles. The Morgan fingerprint density at radius 2 is 1.40 bits per heavy atom. The molecule has 1 aromatic rings. The molecule has 0 fully saturated rings. The van der Waals surface area contributed by atoms with E-state index in [4.69, 9.17) is 23.7 Å². The predicted octanol–water partition coefficient (Wildman–Crippen LogP) is 0.722. The Balaban J connectivity index is 0.00000312. The van der Waals surface area contributed by atoms with Crippen LogP contribution in [0, 0.1) is 0 Å². The van der Waals surface area contributed by atoms with Crippen LogP contribution in [0.25, 0.3) is 0 Å². The number of ether oxygens (including phenoxy) is 5. The molecule has 0 aliphatic carbocycles. The summed E-state index contributed by atoms with van der Waals surface area (Å²) in [5.41, 5.74) is 2.44. The van der Waals surface area contributed by atoms with E-state index in [0.717, 1.165) is 43.8 Å². The fourth-order valence-corrected chi connectivity index (χ4v) is 2.53. The summed E-state index contributed by atoms with van der Waals surface area (Å²) in [6.45, 7) is 8.47. The molecule has 25 heavy (non-hydrogen) atoms. The molecule has 1 heterocycles. The Labute approximate surface area is 194 Å². The standard InChI is InChI=1S/C19H30O5.K/c1-3-5-7-20-8-9-21-10-11-22-14-17-13-19-18(23-15-24-19)12-16(17)6-4-2;/h12-13H,3-11,14-15H2,1-2H3;/q;+1. The molecule has 1 aliphatic heterocycles. The number of benzene rings is 1. The summed E-state index contributed by atoms with van der Waals surface area (Å²) < 4.78 is 27.6. The van der Waals surface area contributed by atoms with Gasteiger partial charge in [0.25, 0.3) is 0 Å². The van der Waals surface area contributed by atoms with Crippen LogP contribution < -0.4 is 60.9 Å². The Bertz CT molecular complexity index is 481. The first-order valence-corrected chi connectivity index (χ1v) is 8.99. The summed E-state index contributed by atoms with van der Waals surface area (Å²) >= 11 is 0. The van der Waals surface area contributed by atoms with Crippen molar-refractivity contribution in [3.63, 3.8) is 0 Å². The van der Waals surface area contributed by atoms with Crippen LogP contribution in [0.3, 0.4) is 0 Å². The van der Waals surface area contributed by atoms with Gasteiger partial charge in [-0.25, -0.2) is 0 Å². The van der Waals surface area contributed by atoms with Gasteiger partial charge in [0.2, 0.25) is 6.79 Å². The van der Waals surface area contributed by atoms with E-state index in [2.05, 4.69) is 19.9 Å². The molecule has 0 atom stereocenters. The van der Waals surface area contributed by atoms with Crippen molar-refractivity contribution in [2.24, 2.45) is 0 Å². The number of fused-ring (bicyclic) bond motifs is 1. The fraction of sp³-hybridized carbons (Fsp3) is 0.684. The zero-order valence-electron chi connectivity index (χ0n) is 16.0. The number of rotatable bonds is 13. The molecule has 0 saturated carbocycles. The van der Waals surface area contributed by atoms with Crippen LogP contribution >= 0.6 is 0 Å². The van der Waals surface area contributed by atoms with Gasteiger partial charge in [0.1, 0.15) is 0 Å². The van der Waals surface area contributed by atoms with Gasteiger partial charge in [-0.3, -0.25) is 0 Å². The van der Waals surface area contributed by atoms with Crippen molar-refractivity contribution in [3.05, 3.63) is 23.3 Å². The van der Waals surface area contributed by atoms with E-state index in [9.17, 15) is 0 Å². The minimum atomic E-state index is 0. The number of hydrogen-bond donors (Lipinski definition) is 0. The Kier molecular flexibility index (Phi) is 13.5. The van der Waals surface area contributed by atoms with E-state index in [-0.39, 0.29) is 51.4 Å². The molecule has 6 heteroatoms. The van der Waals surface area contributed by atoms with Crippen LogP contribution in [-0.2, 0) is 27.2 Å². The Morgan fingerprint density at radius 1 is 0.800 bits per heavy atom. The maximum Gasteiger partial charge on any atom is 1.00 e. The van der Waals surface area contributed by atoms with Crippen molar-refractivity contribution in [3.8, 4) is 11.5 Å². The topological polar surface area (TPSA) is 46.2 Å². The normalized spacial score (nSPS) is 12.2. The molecule has 0 unspecified atom stereocenters.